The first-order valence-corrected chi connectivity index (χ1v) is 10.4. The lowest BCUT2D eigenvalue weighted by Gasteiger charge is -2.08. The van der Waals surface area contributed by atoms with Crippen molar-refractivity contribution in [1.82, 2.24) is 4.57 Å². The molecule has 154 valence electrons. The molecular formula is C24H19N3O3S. The highest BCUT2D eigenvalue weighted by atomic mass is 32.1. The van der Waals surface area contributed by atoms with Gasteiger partial charge < -0.3 is 4.57 Å². The van der Waals surface area contributed by atoms with Crippen LogP contribution in [-0.2, 0) is 7.05 Å². The highest BCUT2D eigenvalue weighted by Gasteiger charge is 2.16. The lowest BCUT2D eigenvalue weighted by molar-refractivity contribution is -0.384. The Bertz CT molecular complexity index is 1320. The number of aryl methyl sites for hydroxylation is 1. The van der Waals surface area contributed by atoms with Gasteiger partial charge in [-0.2, -0.15) is 4.99 Å². The van der Waals surface area contributed by atoms with E-state index in [0.717, 1.165) is 21.7 Å². The van der Waals surface area contributed by atoms with Crippen molar-refractivity contribution in [1.29, 1.82) is 0 Å². The Labute approximate surface area is 182 Å². The summed E-state index contributed by atoms with van der Waals surface area (Å²) in [5.74, 6) is -0.443. The first-order chi connectivity index (χ1) is 14.9. The van der Waals surface area contributed by atoms with Gasteiger partial charge in [-0.15, -0.1) is 0 Å². The molecule has 0 aliphatic heterocycles. The summed E-state index contributed by atoms with van der Waals surface area (Å²) in [6, 6.07) is 23.7. The predicted molar refractivity (Wildman–Crippen MR) is 122 cm³/mol. The SMILES string of the molecule is Cc1ccc(-c2c(-c3ccccc3)sc(=NC(=O)c3ccc([N+](=O)[O-])cc3)n2C)cc1. The van der Waals surface area contributed by atoms with Crippen molar-refractivity contribution in [3.63, 3.8) is 0 Å². The number of aromatic nitrogens is 1. The summed E-state index contributed by atoms with van der Waals surface area (Å²) in [6.45, 7) is 2.04. The van der Waals surface area contributed by atoms with Crippen LogP contribution in [0.15, 0.2) is 83.9 Å². The molecule has 0 radical (unpaired) electrons. The average Bonchev–Trinajstić information content (AvgIpc) is 3.11. The van der Waals surface area contributed by atoms with Crippen LogP contribution in [0.3, 0.4) is 0 Å². The lowest BCUT2D eigenvalue weighted by atomic mass is 10.1. The molecule has 0 unspecified atom stereocenters. The van der Waals surface area contributed by atoms with Gasteiger partial charge in [0, 0.05) is 24.7 Å². The molecule has 0 atom stereocenters. The average molecular weight is 430 g/mol. The predicted octanol–water partition coefficient (Wildman–Crippen LogP) is 5.38. The van der Waals surface area contributed by atoms with E-state index in [1.165, 1.54) is 41.2 Å². The monoisotopic (exact) mass is 429 g/mol. The molecular weight excluding hydrogens is 410 g/mol. The third kappa shape index (κ3) is 4.22. The molecule has 4 rings (SSSR count). The van der Waals surface area contributed by atoms with Gasteiger partial charge in [-0.1, -0.05) is 71.5 Å². The van der Waals surface area contributed by atoms with Crippen molar-refractivity contribution in [2.45, 2.75) is 6.92 Å². The Morgan fingerprint density at radius 3 is 2.19 bits per heavy atom. The maximum absolute atomic E-state index is 12.7. The van der Waals surface area contributed by atoms with Crippen molar-refractivity contribution >= 4 is 22.9 Å². The zero-order chi connectivity index (χ0) is 22.0. The van der Waals surface area contributed by atoms with Crippen molar-refractivity contribution in [2.75, 3.05) is 0 Å². The van der Waals surface area contributed by atoms with Crippen molar-refractivity contribution in [3.05, 3.63) is 105 Å². The third-order valence-electron chi connectivity index (χ3n) is 4.91. The molecule has 0 aliphatic rings. The number of amides is 1. The molecule has 6 nitrogen and oxygen atoms in total. The van der Waals surface area contributed by atoms with E-state index < -0.39 is 10.8 Å². The van der Waals surface area contributed by atoms with E-state index in [0.29, 0.717) is 10.4 Å². The molecule has 0 saturated heterocycles. The highest BCUT2D eigenvalue weighted by Crippen LogP contribution is 2.34. The number of carbonyl (C=O) groups is 1. The van der Waals surface area contributed by atoms with E-state index in [2.05, 4.69) is 29.3 Å². The van der Waals surface area contributed by atoms with Crippen molar-refractivity contribution < 1.29 is 9.72 Å². The van der Waals surface area contributed by atoms with Crippen LogP contribution in [0.25, 0.3) is 21.7 Å². The van der Waals surface area contributed by atoms with E-state index in [9.17, 15) is 14.9 Å². The minimum Gasteiger partial charge on any atom is -0.319 e. The van der Waals surface area contributed by atoms with Crippen LogP contribution >= 0.6 is 11.3 Å². The topological polar surface area (TPSA) is 77.5 Å². The molecule has 31 heavy (non-hydrogen) atoms. The number of nitro benzene ring substituents is 1. The normalized spacial score (nSPS) is 11.5. The summed E-state index contributed by atoms with van der Waals surface area (Å²) in [5, 5.41) is 10.8. The van der Waals surface area contributed by atoms with Crippen molar-refractivity contribution in [3.8, 4) is 21.7 Å². The number of non-ortho nitro benzene ring substituents is 1. The lowest BCUT2D eigenvalue weighted by Crippen LogP contribution is -2.14. The molecule has 0 N–H and O–H groups in total. The summed E-state index contributed by atoms with van der Waals surface area (Å²) in [4.78, 5) is 29.0. The molecule has 0 bridgehead atoms. The molecule has 0 fully saturated rings. The number of thiazole rings is 1. The minimum absolute atomic E-state index is 0.0637. The largest absolute Gasteiger partial charge is 0.319 e. The van der Waals surface area contributed by atoms with Gasteiger partial charge in [0.15, 0.2) is 4.80 Å². The first kappa shape index (κ1) is 20.4. The van der Waals surface area contributed by atoms with Gasteiger partial charge in [-0.25, -0.2) is 0 Å². The number of nitrogens with zero attached hydrogens (tertiary/aromatic N) is 3. The maximum atomic E-state index is 12.7. The number of hydrogen-bond acceptors (Lipinski definition) is 4. The van der Waals surface area contributed by atoms with Gasteiger partial charge in [0.25, 0.3) is 11.6 Å². The van der Waals surface area contributed by atoms with E-state index in [1.54, 1.807) is 0 Å². The van der Waals surface area contributed by atoms with Crippen LogP contribution in [-0.4, -0.2) is 15.4 Å². The quantitative estimate of drug-likeness (QED) is 0.323. The molecule has 0 saturated carbocycles. The van der Waals surface area contributed by atoms with Gasteiger partial charge in [0.1, 0.15) is 0 Å². The van der Waals surface area contributed by atoms with Crippen LogP contribution in [0, 0.1) is 17.0 Å². The van der Waals surface area contributed by atoms with Gasteiger partial charge >= 0.3 is 0 Å². The minimum atomic E-state index is -0.495. The summed E-state index contributed by atoms with van der Waals surface area (Å²) in [7, 11) is 1.89. The van der Waals surface area contributed by atoms with E-state index in [4.69, 9.17) is 0 Å². The van der Waals surface area contributed by atoms with Crippen LogP contribution in [0.2, 0.25) is 0 Å². The summed E-state index contributed by atoms with van der Waals surface area (Å²) < 4.78 is 1.92. The highest BCUT2D eigenvalue weighted by molar-refractivity contribution is 7.13. The van der Waals surface area contributed by atoms with Gasteiger partial charge in [-0.3, -0.25) is 14.9 Å². The fourth-order valence-corrected chi connectivity index (χ4v) is 4.40. The molecule has 0 aliphatic carbocycles. The smallest absolute Gasteiger partial charge is 0.279 e. The summed E-state index contributed by atoms with van der Waals surface area (Å²) in [6.07, 6.45) is 0. The second-order valence-corrected chi connectivity index (χ2v) is 8.05. The second kappa shape index (κ2) is 8.49. The fraction of sp³-hybridized carbons (Fsp3) is 0.0833. The van der Waals surface area contributed by atoms with Crippen LogP contribution in [0.1, 0.15) is 15.9 Å². The number of carbonyl (C=O) groups excluding carboxylic acids is 1. The van der Waals surface area contributed by atoms with Crippen LogP contribution < -0.4 is 4.80 Å². The molecule has 1 amide bonds. The van der Waals surface area contributed by atoms with Crippen LogP contribution in [0.5, 0.6) is 0 Å². The van der Waals surface area contributed by atoms with Crippen LogP contribution in [0.4, 0.5) is 5.69 Å². The molecule has 4 aromatic rings. The Hall–Kier alpha value is -3.84. The van der Waals surface area contributed by atoms with E-state index in [1.807, 2.05) is 48.9 Å². The fourth-order valence-electron chi connectivity index (χ4n) is 3.25. The number of benzene rings is 3. The Morgan fingerprint density at radius 2 is 1.58 bits per heavy atom. The van der Waals surface area contributed by atoms with E-state index >= 15 is 0 Å². The van der Waals surface area contributed by atoms with Crippen molar-refractivity contribution in [2.24, 2.45) is 12.0 Å². The summed E-state index contributed by atoms with van der Waals surface area (Å²) >= 11 is 1.44. The molecule has 3 aromatic carbocycles. The maximum Gasteiger partial charge on any atom is 0.279 e. The zero-order valence-electron chi connectivity index (χ0n) is 17.0. The Balaban J connectivity index is 1.84. The molecule has 7 heteroatoms. The van der Waals surface area contributed by atoms with Gasteiger partial charge in [0.2, 0.25) is 0 Å². The van der Waals surface area contributed by atoms with Gasteiger partial charge in [-0.05, 0) is 30.2 Å². The zero-order valence-corrected chi connectivity index (χ0v) is 17.8. The molecule has 1 aromatic heterocycles. The number of hydrogen-bond donors (Lipinski definition) is 0. The molecule has 0 spiro atoms. The standard InChI is InChI=1S/C24H19N3O3S/c1-16-8-10-17(11-9-16)21-22(18-6-4-3-5-7-18)31-24(26(21)2)25-23(28)19-12-14-20(15-13-19)27(29)30/h3-15H,1-2H3. The van der Waals surface area contributed by atoms with Gasteiger partial charge in [0.05, 0.1) is 15.5 Å². The Morgan fingerprint density at radius 1 is 0.935 bits per heavy atom. The molecule has 1 heterocycles. The Kier molecular flexibility index (Phi) is 5.60. The first-order valence-electron chi connectivity index (χ1n) is 9.60. The number of rotatable bonds is 4. The second-order valence-electron chi connectivity index (χ2n) is 7.07. The van der Waals surface area contributed by atoms with E-state index in [-0.39, 0.29) is 5.69 Å². The third-order valence-corrected chi connectivity index (χ3v) is 6.09. The number of nitro groups is 1. The summed E-state index contributed by atoms with van der Waals surface area (Å²) in [5.41, 5.74) is 4.46.